The number of carbonyl (C=O) groups excluding carboxylic acids is 1. The van der Waals surface area contributed by atoms with Gasteiger partial charge in [0.1, 0.15) is 19.0 Å². The number of ether oxygens (including phenoxy) is 3. The third kappa shape index (κ3) is 5.66. The molecule has 0 saturated carbocycles. The zero-order chi connectivity index (χ0) is 16.4. The predicted octanol–water partition coefficient (Wildman–Crippen LogP) is 3.57. The number of carbonyl (C=O) groups is 1. The molecular weight excluding hydrogens is 282 g/mol. The van der Waals surface area contributed by atoms with Gasteiger partial charge in [0.15, 0.2) is 0 Å². The summed E-state index contributed by atoms with van der Waals surface area (Å²) in [7, 11) is 3.13. The van der Waals surface area contributed by atoms with E-state index >= 15 is 0 Å². The molecule has 1 rings (SSSR count). The highest BCUT2D eigenvalue weighted by atomic mass is 16.7. The number of rotatable bonds is 9. The first kappa shape index (κ1) is 18.5. The Balaban J connectivity index is 3.01. The smallest absolute Gasteiger partial charge is 0.407 e. The van der Waals surface area contributed by atoms with Crippen molar-refractivity contribution >= 4 is 6.09 Å². The highest BCUT2D eigenvalue weighted by Gasteiger charge is 2.28. The highest BCUT2D eigenvalue weighted by Crippen LogP contribution is 2.29. The standard InChI is InChI=1S/C17H27NO4/c1-5-6-11-15(22-17(19)18-3)16(21-12-20-4)14-10-8-7-9-13(14)2/h7-10,15-16H,5-6,11-12H2,1-4H3,(H,18,19)/t15-,16-/m0/s1. The maximum absolute atomic E-state index is 11.7. The normalized spacial score (nSPS) is 13.5. The summed E-state index contributed by atoms with van der Waals surface area (Å²) < 4.78 is 16.4. The van der Waals surface area contributed by atoms with Gasteiger partial charge in [-0.25, -0.2) is 4.79 Å². The Hall–Kier alpha value is -1.59. The second-order valence-corrected chi connectivity index (χ2v) is 5.19. The fourth-order valence-corrected chi connectivity index (χ4v) is 2.32. The largest absolute Gasteiger partial charge is 0.443 e. The third-order valence-electron chi connectivity index (χ3n) is 3.50. The molecule has 0 aliphatic rings. The van der Waals surface area contributed by atoms with Crippen LogP contribution in [0.1, 0.15) is 43.4 Å². The maximum atomic E-state index is 11.7. The van der Waals surface area contributed by atoms with E-state index < -0.39 is 6.09 Å². The van der Waals surface area contributed by atoms with Gasteiger partial charge < -0.3 is 19.5 Å². The molecule has 1 amide bonds. The van der Waals surface area contributed by atoms with Gasteiger partial charge in [0.2, 0.25) is 0 Å². The van der Waals surface area contributed by atoms with Crippen LogP contribution in [0, 0.1) is 6.92 Å². The summed E-state index contributed by atoms with van der Waals surface area (Å²) in [5, 5.41) is 2.50. The van der Waals surface area contributed by atoms with Crippen LogP contribution in [0.2, 0.25) is 0 Å². The van der Waals surface area contributed by atoms with Gasteiger partial charge in [0.25, 0.3) is 0 Å². The van der Waals surface area contributed by atoms with Crippen molar-refractivity contribution in [2.24, 2.45) is 0 Å². The Bertz CT molecular complexity index is 450. The van der Waals surface area contributed by atoms with Crippen molar-refractivity contribution in [2.45, 2.75) is 45.3 Å². The van der Waals surface area contributed by atoms with Crippen molar-refractivity contribution in [1.29, 1.82) is 0 Å². The van der Waals surface area contributed by atoms with Gasteiger partial charge in [-0.05, 0) is 30.9 Å². The lowest BCUT2D eigenvalue weighted by Crippen LogP contribution is -2.32. The van der Waals surface area contributed by atoms with Crippen LogP contribution in [0.3, 0.4) is 0 Å². The van der Waals surface area contributed by atoms with Crippen LogP contribution < -0.4 is 5.32 Å². The van der Waals surface area contributed by atoms with E-state index in [0.717, 1.165) is 30.4 Å². The van der Waals surface area contributed by atoms with Crippen LogP contribution in [-0.2, 0) is 14.2 Å². The van der Waals surface area contributed by atoms with Crippen molar-refractivity contribution < 1.29 is 19.0 Å². The van der Waals surface area contributed by atoms with Crippen molar-refractivity contribution in [2.75, 3.05) is 21.0 Å². The number of nitrogens with one attached hydrogen (secondary N) is 1. The van der Waals surface area contributed by atoms with E-state index in [1.165, 1.54) is 0 Å². The number of unbranched alkanes of at least 4 members (excludes halogenated alkanes) is 1. The van der Waals surface area contributed by atoms with Crippen LogP contribution in [0.15, 0.2) is 24.3 Å². The first-order chi connectivity index (χ1) is 10.6. The van der Waals surface area contributed by atoms with Crippen LogP contribution in [0.5, 0.6) is 0 Å². The average Bonchev–Trinajstić information content (AvgIpc) is 2.53. The van der Waals surface area contributed by atoms with Crippen molar-refractivity contribution in [3.8, 4) is 0 Å². The molecule has 2 atom stereocenters. The fourth-order valence-electron chi connectivity index (χ4n) is 2.32. The second-order valence-electron chi connectivity index (χ2n) is 5.19. The third-order valence-corrected chi connectivity index (χ3v) is 3.50. The Morgan fingerprint density at radius 1 is 1.32 bits per heavy atom. The molecule has 1 N–H and O–H groups in total. The molecule has 5 nitrogen and oxygen atoms in total. The molecule has 0 heterocycles. The van der Waals surface area contributed by atoms with Gasteiger partial charge in [0, 0.05) is 14.2 Å². The van der Waals surface area contributed by atoms with E-state index in [1.807, 2.05) is 31.2 Å². The van der Waals surface area contributed by atoms with Gasteiger partial charge in [-0.15, -0.1) is 0 Å². The molecule has 1 aromatic rings. The molecule has 5 heteroatoms. The Morgan fingerprint density at radius 2 is 2.05 bits per heavy atom. The number of benzene rings is 1. The Labute approximate surface area is 132 Å². The Morgan fingerprint density at radius 3 is 2.64 bits per heavy atom. The van der Waals surface area contributed by atoms with E-state index in [9.17, 15) is 4.79 Å². The lowest BCUT2D eigenvalue weighted by molar-refractivity contribution is -0.118. The van der Waals surface area contributed by atoms with E-state index in [2.05, 4.69) is 12.2 Å². The molecule has 0 spiro atoms. The summed E-state index contributed by atoms with van der Waals surface area (Å²) in [6.45, 7) is 4.28. The summed E-state index contributed by atoms with van der Waals surface area (Å²) >= 11 is 0. The van der Waals surface area contributed by atoms with Crippen LogP contribution >= 0.6 is 0 Å². The Kier molecular flexibility index (Phi) is 8.55. The molecule has 0 radical (unpaired) electrons. The minimum absolute atomic E-state index is 0.152. The highest BCUT2D eigenvalue weighted by molar-refractivity contribution is 5.67. The first-order valence-corrected chi connectivity index (χ1v) is 7.68. The summed E-state index contributed by atoms with van der Waals surface area (Å²) in [6.07, 6.45) is 1.59. The van der Waals surface area contributed by atoms with E-state index in [1.54, 1.807) is 14.2 Å². The van der Waals surface area contributed by atoms with Crippen LogP contribution in [-0.4, -0.2) is 33.1 Å². The lowest BCUT2D eigenvalue weighted by Gasteiger charge is -2.28. The fraction of sp³-hybridized carbons (Fsp3) is 0.588. The van der Waals surface area contributed by atoms with E-state index in [-0.39, 0.29) is 19.0 Å². The molecule has 0 aromatic heterocycles. The summed E-state index contributed by atoms with van der Waals surface area (Å²) in [5.41, 5.74) is 2.12. The number of methoxy groups -OCH3 is 1. The molecule has 0 aliphatic heterocycles. The molecular formula is C17H27NO4. The molecule has 0 unspecified atom stereocenters. The van der Waals surface area contributed by atoms with Gasteiger partial charge in [-0.3, -0.25) is 0 Å². The molecule has 0 aliphatic carbocycles. The van der Waals surface area contributed by atoms with Gasteiger partial charge in [-0.2, -0.15) is 0 Å². The summed E-state index contributed by atoms with van der Waals surface area (Å²) in [4.78, 5) is 11.7. The molecule has 0 bridgehead atoms. The zero-order valence-corrected chi connectivity index (χ0v) is 13.9. The number of alkyl carbamates (subject to hydrolysis) is 1. The summed E-state index contributed by atoms with van der Waals surface area (Å²) in [6, 6.07) is 7.96. The van der Waals surface area contributed by atoms with Gasteiger partial charge in [-0.1, -0.05) is 37.6 Å². The average molecular weight is 309 g/mol. The zero-order valence-electron chi connectivity index (χ0n) is 13.9. The van der Waals surface area contributed by atoms with Gasteiger partial charge in [0.05, 0.1) is 0 Å². The van der Waals surface area contributed by atoms with Crippen molar-refractivity contribution in [3.05, 3.63) is 35.4 Å². The topological polar surface area (TPSA) is 56.8 Å². The SMILES string of the molecule is CCCC[C@H](OC(=O)NC)[C@@H](OCOC)c1ccccc1C. The van der Waals surface area contributed by atoms with Crippen LogP contribution in [0.4, 0.5) is 4.79 Å². The second kappa shape index (κ2) is 10.2. The minimum Gasteiger partial charge on any atom is -0.443 e. The van der Waals surface area contributed by atoms with E-state index in [4.69, 9.17) is 14.2 Å². The summed E-state index contributed by atoms with van der Waals surface area (Å²) in [5.74, 6) is 0. The molecule has 124 valence electrons. The molecule has 0 fully saturated rings. The van der Waals surface area contributed by atoms with Crippen molar-refractivity contribution in [1.82, 2.24) is 5.32 Å². The van der Waals surface area contributed by atoms with Gasteiger partial charge >= 0.3 is 6.09 Å². The quantitative estimate of drug-likeness (QED) is 0.708. The minimum atomic E-state index is -0.444. The molecule has 1 aromatic carbocycles. The lowest BCUT2D eigenvalue weighted by atomic mass is 9.96. The first-order valence-electron chi connectivity index (χ1n) is 7.68. The number of amides is 1. The van der Waals surface area contributed by atoms with Crippen LogP contribution in [0.25, 0.3) is 0 Å². The molecule has 22 heavy (non-hydrogen) atoms. The monoisotopic (exact) mass is 309 g/mol. The number of hydrogen-bond acceptors (Lipinski definition) is 4. The molecule has 0 saturated heterocycles. The van der Waals surface area contributed by atoms with Crippen molar-refractivity contribution in [3.63, 3.8) is 0 Å². The number of hydrogen-bond donors (Lipinski definition) is 1. The predicted molar refractivity (Wildman–Crippen MR) is 85.7 cm³/mol. The maximum Gasteiger partial charge on any atom is 0.407 e. The number of aryl methyl sites for hydroxylation is 1. The van der Waals surface area contributed by atoms with E-state index in [0.29, 0.717) is 0 Å².